The Balaban J connectivity index is 1.50. The van der Waals surface area contributed by atoms with Crippen molar-refractivity contribution in [3.05, 3.63) is 97.2 Å². The fourth-order valence-corrected chi connectivity index (χ4v) is 4.32. The van der Waals surface area contributed by atoms with Crippen LogP contribution in [0.15, 0.2) is 79.5 Å². The molecular formula is C26H21Br2FN4O3. The zero-order valence-electron chi connectivity index (χ0n) is 19.2. The molecule has 0 aliphatic rings. The van der Waals surface area contributed by atoms with Crippen LogP contribution in [0.5, 0.6) is 5.75 Å². The molecule has 10 heteroatoms. The van der Waals surface area contributed by atoms with Gasteiger partial charge in [0.15, 0.2) is 6.61 Å². The van der Waals surface area contributed by atoms with Gasteiger partial charge < -0.3 is 10.1 Å². The lowest BCUT2D eigenvalue weighted by atomic mass is 10.2. The molecule has 0 fully saturated rings. The topological polar surface area (TPSA) is 85.6 Å². The molecule has 36 heavy (non-hydrogen) atoms. The number of halogens is 3. The number of benzene rings is 3. The van der Waals surface area contributed by atoms with Crippen LogP contribution < -0.4 is 15.6 Å². The maximum Gasteiger partial charge on any atom is 0.282 e. The van der Waals surface area contributed by atoms with Crippen LogP contribution >= 0.6 is 31.9 Å². The number of carbonyl (C=O) groups excluding carboxylic acids is 1. The Labute approximate surface area is 223 Å². The quantitative estimate of drug-likeness (QED) is 0.250. The first-order valence-electron chi connectivity index (χ1n) is 11.1. The highest BCUT2D eigenvalue weighted by Gasteiger charge is 2.11. The van der Waals surface area contributed by atoms with E-state index in [-0.39, 0.29) is 12.2 Å². The maximum absolute atomic E-state index is 13.3. The number of carbonyl (C=O) groups is 1. The minimum atomic E-state index is -0.440. The Kier molecular flexibility index (Phi) is 8.27. The molecule has 0 unspecified atom stereocenters. The minimum absolute atomic E-state index is 0.246. The molecule has 1 amide bonds. The van der Waals surface area contributed by atoms with E-state index in [4.69, 9.17) is 4.74 Å². The molecule has 0 bridgehead atoms. The molecule has 4 rings (SSSR count). The van der Waals surface area contributed by atoms with Gasteiger partial charge in [-0.3, -0.25) is 9.59 Å². The second-order valence-corrected chi connectivity index (χ2v) is 9.61. The highest BCUT2D eigenvalue weighted by Crippen LogP contribution is 2.25. The molecule has 0 atom stereocenters. The Morgan fingerprint density at radius 1 is 1.17 bits per heavy atom. The smallest absolute Gasteiger partial charge is 0.282 e. The second-order valence-electron chi connectivity index (χ2n) is 7.84. The monoisotopic (exact) mass is 614 g/mol. The predicted octanol–water partition coefficient (Wildman–Crippen LogP) is 5.91. The summed E-state index contributed by atoms with van der Waals surface area (Å²) in [6.07, 6.45) is 2.98. The molecule has 4 aromatic rings. The van der Waals surface area contributed by atoms with E-state index in [1.807, 2.05) is 19.1 Å². The van der Waals surface area contributed by atoms with E-state index in [0.29, 0.717) is 44.6 Å². The van der Waals surface area contributed by atoms with Crippen molar-refractivity contribution in [3.8, 4) is 5.75 Å². The molecule has 7 nitrogen and oxygen atoms in total. The molecule has 1 aromatic heterocycles. The number of amides is 1. The van der Waals surface area contributed by atoms with E-state index in [9.17, 15) is 14.0 Å². The molecule has 0 radical (unpaired) electrons. The summed E-state index contributed by atoms with van der Waals surface area (Å²) in [7, 11) is 0. The van der Waals surface area contributed by atoms with Crippen LogP contribution in [0.3, 0.4) is 0 Å². The van der Waals surface area contributed by atoms with Crippen LogP contribution in [0, 0.1) is 5.82 Å². The van der Waals surface area contributed by atoms with E-state index in [0.717, 1.165) is 10.9 Å². The fourth-order valence-electron chi connectivity index (χ4n) is 3.44. The van der Waals surface area contributed by atoms with Gasteiger partial charge in [-0.25, -0.2) is 9.37 Å². The van der Waals surface area contributed by atoms with Crippen molar-refractivity contribution >= 4 is 60.6 Å². The summed E-state index contributed by atoms with van der Waals surface area (Å²) in [6, 6.07) is 16.2. The number of nitrogens with zero attached hydrogens (tertiary/aromatic N) is 3. The van der Waals surface area contributed by atoms with Gasteiger partial charge in [0.1, 0.15) is 17.4 Å². The zero-order valence-corrected chi connectivity index (χ0v) is 22.3. The molecular weight excluding hydrogens is 595 g/mol. The van der Waals surface area contributed by atoms with Crippen LogP contribution in [0.25, 0.3) is 10.9 Å². The van der Waals surface area contributed by atoms with Gasteiger partial charge in [-0.05, 0) is 82.5 Å². The van der Waals surface area contributed by atoms with Gasteiger partial charge in [0.05, 0.1) is 21.6 Å². The van der Waals surface area contributed by atoms with E-state index < -0.39 is 11.7 Å². The van der Waals surface area contributed by atoms with E-state index in [2.05, 4.69) is 47.3 Å². The van der Waals surface area contributed by atoms with Crippen molar-refractivity contribution in [2.45, 2.75) is 19.8 Å². The van der Waals surface area contributed by atoms with Gasteiger partial charge in [-0.1, -0.05) is 28.9 Å². The third-order valence-electron chi connectivity index (χ3n) is 5.09. The molecule has 0 saturated heterocycles. The van der Waals surface area contributed by atoms with E-state index >= 15 is 0 Å². The number of rotatable bonds is 8. The number of nitrogens with one attached hydrogen (secondary N) is 1. The number of aryl methyl sites for hydroxylation is 1. The summed E-state index contributed by atoms with van der Waals surface area (Å²) in [5.41, 5.74) is 1.44. The van der Waals surface area contributed by atoms with Crippen LogP contribution in [-0.2, 0) is 11.2 Å². The first kappa shape index (κ1) is 25.7. The summed E-state index contributed by atoms with van der Waals surface area (Å²) in [6.45, 7) is 1.76. The lowest BCUT2D eigenvalue weighted by Gasteiger charge is -2.10. The van der Waals surface area contributed by atoms with Gasteiger partial charge in [0.2, 0.25) is 0 Å². The number of anilines is 1. The summed E-state index contributed by atoms with van der Waals surface area (Å²) >= 11 is 6.84. The number of ether oxygens (including phenoxy) is 1. The van der Waals surface area contributed by atoms with Crippen molar-refractivity contribution < 1.29 is 13.9 Å². The fraction of sp³-hybridized carbons (Fsp3) is 0.154. The third-order valence-corrected chi connectivity index (χ3v) is 6.21. The highest BCUT2D eigenvalue weighted by atomic mass is 79.9. The normalized spacial score (nSPS) is 11.2. The second kappa shape index (κ2) is 11.6. The molecule has 3 aromatic carbocycles. The Morgan fingerprint density at radius 2 is 2.00 bits per heavy atom. The SMILES string of the molecule is CCCc1nc2ccc(Br)cc2c(=O)n1N=Cc1ccc(OCC(=O)Nc2cccc(F)c2)c(Br)c1. The first-order chi connectivity index (χ1) is 17.3. The van der Waals surface area contributed by atoms with Crippen LogP contribution in [-0.4, -0.2) is 28.4 Å². The number of fused-ring (bicyclic) bond motifs is 1. The maximum atomic E-state index is 13.3. The largest absolute Gasteiger partial charge is 0.483 e. The number of hydrogen-bond donors (Lipinski definition) is 1. The van der Waals surface area contributed by atoms with Gasteiger partial charge in [-0.15, -0.1) is 0 Å². The van der Waals surface area contributed by atoms with Crippen LogP contribution in [0.1, 0.15) is 24.7 Å². The summed E-state index contributed by atoms with van der Waals surface area (Å²) in [4.78, 5) is 29.9. The van der Waals surface area contributed by atoms with Crippen molar-refractivity contribution in [1.29, 1.82) is 0 Å². The number of aromatic nitrogens is 2. The lowest BCUT2D eigenvalue weighted by Crippen LogP contribution is -2.22. The van der Waals surface area contributed by atoms with Crippen molar-refractivity contribution in [2.75, 3.05) is 11.9 Å². The Hall–Kier alpha value is -3.37. The Morgan fingerprint density at radius 3 is 2.75 bits per heavy atom. The molecule has 0 spiro atoms. The molecule has 1 heterocycles. The standard InChI is InChI=1S/C26H21Br2FN4O3/c1-2-4-24-32-22-9-8-17(27)12-20(22)26(35)33(24)30-14-16-7-10-23(21(28)11-16)36-15-25(34)31-19-6-3-5-18(29)13-19/h3,5-14H,2,4,15H2,1H3,(H,31,34). The molecule has 0 aliphatic heterocycles. The molecule has 0 aliphatic carbocycles. The van der Waals surface area contributed by atoms with E-state index in [1.54, 1.807) is 36.5 Å². The van der Waals surface area contributed by atoms with Gasteiger partial charge in [-0.2, -0.15) is 9.78 Å². The first-order valence-corrected chi connectivity index (χ1v) is 12.7. The lowest BCUT2D eigenvalue weighted by molar-refractivity contribution is -0.118. The average Bonchev–Trinajstić information content (AvgIpc) is 2.84. The minimum Gasteiger partial charge on any atom is -0.483 e. The summed E-state index contributed by atoms with van der Waals surface area (Å²) in [5, 5.41) is 7.47. The molecule has 0 saturated carbocycles. The number of hydrogen-bond acceptors (Lipinski definition) is 5. The van der Waals surface area contributed by atoms with Crippen molar-refractivity contribution in [3.63, 3.8) is 0 Å². The van der Waals surface area contributed by atoms with Gasteiger partial charge in [0.25, 0.3) is 11.5 Å². The summed E-state index contributed by atoms with van der Waals surface area (Å²) in [5.74, 6) is 0.168. The molecule has 1 N–H and O–H groups in total. The average molecular weight is 616 g/mol. The third kappa shape index (κ3) is 6.24. The highest BCUT2D eigenvalue weighted by molar-refractivity contribution is 9.10. The molecule has 184 valence electrons. The Bertz CT molecular complexity index is 1520. The van der Waals surface area contributed by atoms with Crippen LogP contribution in [0.2, 0.25) is 0 Å². The predicted molar refractivity (Wildman–Crippen MR) is 145 cm³/mol. The van der Waals surface area contributed by atoms with Crippen molar-refractivity contribution in [2.24, 2.45) is 5.10 Å². The van der Waals surface area contributed by atoms with Gasteiger partial charge in [0, 0.05) is 16.6 Å². The van der Waals surface area contributed by atoms with Crippen LogP contribution in [0.4, 0.5) is 10.1 Å². The van der Waals surface area contributed by atoms with E-state index in [1.165, 1.54) is 22.9 Å². The zero-order chi connectivity index (χ0) is 25.7. The van der Waals surface area contributed by atoms with Crippen molar-refractivity contribution in [1.82, 2.24) is 9.66 Å². The summed E-state index contributed by atoms with van der Waals surface area (Å²) < 4.78 is 21.6. The van der Waals surface area contributed by atoms with Gasteiger partial charge >= 0.3 is 0 Å².